The summed E-state index contributed by atoms with van der Waals surface area (Å²) >= 11 is 0. The third kappa shape index (κ3) is 2.37. The number of benzene rings is 2. The van der Waals surface area contributed by atoms with Gasteiger partial charge in [-0.2, -0.15) is 0 Å². The zero-order valence-corrected chi connectivity index (χ0v) is 12.2. The zero-order chi connectivity index (χ0) is 14.9. The summed E-state index contributed by atoms with van der Waals surface area (Å²) in [6, 6.07) is 18.2. The van der Waals surface area contributed by atoms with Crippen LogP contribution >= 0.6 is 0 Å². The highest BCUT2D eigenvalue weighted by atomic mass is 16.2. The van der Waals surface area contributed by atoms with E-state index in [0.717, 1.165) is 23.4 Å². The van der Waals surface area contributed by atoms with Crippen molar-refractivity contribution in [3.05, 3.63) is 66.0 Å². The molecule has 1 amide bonds. The second kappa shape index (κ2) is 5.30. The van der Waals surface area contributed by atoms with E-state index < -0.39 is 0 Å². The number of aromatic amines is 1. The van der Waals surface area contributed by atoms with Crippen molar-refractivity contribution in [1.29, 1.82) is 0 Å². The smallest absolute Gasteiger partial charge is 0.223 e. The Balaban J connectivity index is 1.52. The van der Waals surface area contributed by atoms with Crippen LogP contribution in [0, 0.1) is 0 Å². The SMILES string of the molecule is O=C1CC(c2ccccc2)CN1Cc1nc2ccccc2[nH]1. The van der Waals surface area contributed by atoms with Crippen LogP contribution in [0.4, 0.5) is 0 Å². The van der Waals surface area contributed by atoms with Gasteiger partial charge in [0.2, 0.25) is 5.91 Å². The minimum atomic E-state index is 0.203. The van der Waals surface area contributed by atoms with Gasteiger partial charge in [0.1, 0.15) is 5.82 Å². The van der Waals surface area contributed by atoms with Crippen molar-refractivity contribution in [2.45, 2.75) is 18.9 Å². The second-order valence-electron chi connectivity index (χ2n) is 5.79. The Kier molecular flexibility index (Phi) is 3.15. The van der Waals surface area contributed by atoms with E-state index in [-0.39, 0.29) is 11.8 Å². The molecule has 110 valence electrons. The molecular formula is C18H17N3O. The van der Waals surface area contributed by atoms with Crippen LogP contribution in [-0.4, -0.2) is 27.3 Å². The van der Waals surface area contributed by atoms with Gasteiger partial charge in [0.25, 0.3) is 0 Å². The van der Waals surface area contributed by atoms with E-state index in [2.05, 4.69) is 22.1 Å². The van der Waals surface area contributed by atoms with E-state index in [1.165, 1.54) is 5.56 Å². The Labute approximate surface area is 128 Å². The van der Waals surface area contributed by atoms with Crippen molar-refractivity contribution in [3.8, 4) is 0 Å². The fourth-order valence-corrected chi connectivity index (χ4v) is 3.13. The summed E-state index contributed by atoms with van der Waals surface area (Å²) < 4.78 is 0. The molecule has 1 aromatic heterocycles. The molecule has 1 saturated heterocycles. The van der Waals surface area contributed by atoms with Crippen molar-refractivity contribution < 1.29 is 4.79 Å². The Morgan fingerprint density at radius 3 is 2.68 bits per heavy atom. The summed E-state index contributed by atoms with van der Waals surface area (Å²) in [6.07, 6.45) is 0.588. The number of hydrogen-bond donors (Lipinski definition) is 1. The number of H-pyrrole nitrogens is 1. The molecule has 1 atom stereocenters. The lowest BCUT2D eigenvalue weighted by Crippen LogP contribution is -2.25. The van der Waals surface area contributed by atoms with Gasteiger partial charge in [-0.3, -0.25) is 4.79 Å². The first-order valence-electron chi connectivity index (χ1n) is 7.56. The average Bonchev–Trinajstić information content (AvgIpc) is 3.12. The standard InChI is InChI=1S/C18H17N3O/c22-18-10-14(13-6-2-1-3-7-13)11-21(18)12-17-19-15-8-4-5-9-16(15)20-17/h1-9,14H,10-12H2,(H,19,20). The zero-order valence-electron chi connectivity index (χ0n) is 12.2. The molecule has 4 nitrogen and oxygen atoms in total. The summed E-state index contributed by atoms with van der Waals surface area (Å²) in [6.45, 7) is 1.32. The van der Waals surface area contributed by atoms with Crippen LogP contribution in [0.3, 0.4) is 0 Å². The lowest BCUT2D eigenvalue weighted by molar-refractivity contribution is -0.128. The monoisotopic (exact) mass is 291 g/mol. The van der Waals surface area contributed by atoms with Crippen LogP contribution in [0.15, 0.2) is 54.6 Å². The van der Waals surface area contributed by atoms with Crippen molar-refractivity contribution in [3.63, 3.8) is 0 Å². The highest BCUT2D eigenvalue weighted by molar-refractivity contribution is 5.80. The summed E-state index contributed by atoms with van der Waals surface area (Å²) in [5.74, 6) is 1.34. The first-order chi connectivity index (χ1) is 10.8. The molecule has 2 heterocycles. The van der Waals surface area contributed by atoms with E-state index in [9.17, 15) is 4.79 Å². The first-order valence-corrected chi connectivity index (χ1v) is 7.56. The van der Waals surface area contributed by atoms with Gasteiger partial charge in [-0.25, -0.2) is 4.98 Å². The van der Waals surface area contributed by atoms with Gasteiger partial charge >= 0.3 is 0 Å². The highest BCUT2D eigenvalue weighted by Crippen LogP contribution is 2.28. The van der Waals surface area contributed by atoms with Crippen LogP contribution in [-0.2, 0) is 11.3 Å². The number of carbonyl (C=O) groups is 1. The van der Waals surface area contributed by atoms with Crippen molar-refractivity contribution in [2.24, 2.45) is 0 Å². The van der Waals surface area contributed by atoms with Gasteiger partial charge in [0.15, 0.2) is 0 Å². The number of amides is 1. The van der Waals surface area contributed by atoms with E-state index in [1.807, 2.05) is 47.4 Å². The maximum absolute atomic E-state index is 12.3. The molecule has 1 fully saturated rings. The van der Waals surface area contributed by atoms with Crippen molar-refractivity contribution >= 4 is 16.9 Å². The van der Waals surface area contributed by atoms with Crippen LogP contribution < -0.4 is 0 Å². The minimum Gasteiger partial charge on any atom is -0.340 e. The lowest BCUT2D eigenvalue weighted by atomic mass is 9.99. The van der Waals surface area contributed by atoms with Gasteiger partial charge in [0.05, 0.1) is 17.6 Å². The maximum Gasteiger partial charge on any atom is 0.223 e. The average molecular weight is 291 g/mol. The molecule has 0 aliphatic carbocycles. The van der Waals surface area contributed by atoms with Crippen LogP contribution in [0.1, 0.15) is 23.7 Å². The molecule has 2 aromatic carbocycles. The summed E-state index contributed by atoms with van der Waals surface area (Å²) in [5, 5.41) is 0. The van der Waals surface area contributed by atoms with E-state index >= 15 is 0 Å². The second-order valence-corrected chi connectivity index (χ2v) is 5.79. The number of hydrogen-bond acceptors (Lipinski definition) is 2. The molecule has 22 heavy (non-hydrogen) atoms. The van der Waals surface area contributed by atoms with Gasteiger partial charge in [-0.15, -0.1) is 0 Å². The number of para-hydroxylation sites is 2. The largest absolute Gasteiger partial charge is 0.340 e. The number of nitrogens with one attached hydrogen (secondary N) is 1. The molecule has 1 aliphatic heterocycles. The highest BCUT2D eigenvalue weighted by Gasteiger charge is 2.30. The van der Waals surface area contributed by atoms with Crippen molar-refractivity contribution in [2.75, 3.05) is 6.54 Å². The minimum absolute atomic E-state index is 0.203. The topological polar surface area (TPSA) is 49.0 Å². The number of nitrogens with zero attached hydrogens (tertiary/aromatic N) is 2. The van der Waals surface area contributed by atoms with Gasteiger partial charge in [-0.05, 0) is 17.7 Å². The Morgan fingerprint density at radius 1 is 1.09 bits per heavy atom. The molecule has 1 unspecified atom stereocenters. The van der Waals surface area contributed by atoms with Gasteiger partial charge in [0, 0.05) is 18.9 Å². The molecule has 1 N–H and O–H groups in total. The number of carbonyl (C=O) groups excluding carboxylic acids is 1. The van der Waals surface area contributed by atoms with E-state index in [0.29, 0.717) is 13.0 Å². The normalized spacial score (nSPS) is 18.3. The number of likely N-dealkylation sites (tertiary alicyclic amines) is 1. The summed E-state index contributed by atoms with van der Waals surface area (Å²) in [7, 11) is 0. The molecule has 0 radical (unpaired) electrons. The molecule has 3 aromatic rings. The predicted molar refractivity (Wildman–Crippen MR) is 85.3 cm³/mol. The fourth-order valence-electron chi connectivity index (χ4n) is 3.13. The number of aromatic nitrogens is 2. The fraction of sp³-hybridized carbons (Fsp3) is 0.222. The third-order valence-corrected chi connectivity index (χ3v) is 4.26. The molecule has 1 aliphatic rings. The van der Waals surface area contributed by atoms with Crippen LogP contribution in [0.2, 0.25) is 0 Å². The number of rotatable bonds is 3. The Morgan fingerprint density at radius 2 is 1.86 bits per heavy atom. The maximum atomic E-state index is 12.3. The number of fused-ring (bicyclic) bond motifs is 1. The van der Waals surface area contributed by atoms with Crippen molar-refractivity contribution in [1.82, 2.24) is 14.9 Å². The number of imidazole rings is 1. The first kappa shape index (κ1) is 13.1. The quantitative estimate of drug-likeness (QED) is 0.806. The van der Waals surface area contributed by atoms with Gasteiger partial charge in [-0.1, -0.05) is 42.5 Å². The Hall–Kier alpha value is -2.62. The van der Waals surface area contributed by atoms with E-state index in [4.69, 9.17) is 0 Å². The predicted octanol–water partition coefficient (Wildman–Crippen LogP) is 3.08. The molecular weight excluding hydrogens is 274 g/mol. The van der Waals surface area contributed by atoms with Gasteiger partial charge < -0.3 is 9.88 Å². The Bertz CT molecular complexity index is 776. The molecule has 0 bridgehead atoms. The molecule has 0 saturated carbocycles. The molecule has 4 rings (SSSR count). The summed E-state index contributed by atoms with van der Waals surface area (Å²) in [5.41, 5.74) is 3.20. The summed E-state index contributed by atoms with van der Waals surface area (Å²) in [4.78, 5) is 22.0. The third-order valence-electron chi connectivity index (χ3n) is 4.26. The van der Waals surface area contributed by atoms with E-state index in [1.54, 1.807) is 0 Å². The van der Waals surface area contributed by atoms with Crippen LogP contribution in [0.25, 0.3) is 11.0 Å². The molecule has 4 heteroatoms. The lowest BCUT2D eigenvalue weighted by Gasteiger charge is -2.15. The van der Waals surface area contributed by atoms with Crippen LogP contribution in [0.5, 0.6) is 0 Å². The molecule has 0 spiro atoms.